The summed E-state index contributed by atoms with van der Waals surface area (Å²) in [5.41, 5.74) is 1.97. The maximum atomic E-state index is 17.3. The average molecular weight is 758 g/mol. The molecule has 3 saturated heterocycles. The number of nitrogens with two attached hydrogens (primary N) is 1. The Morgan fingerprint density at radius 2 is 2.00 bits per heavy atom. The number of nitriles is 1. The predicted octanol–water partition coefficient (Wildman–Crippen LogP) is 7.44. The number of thiophene rings is 1. The van der Waals surface area contributed by atoms with Gasteiger partial charge in [0, 0.05) is 60.4 Å². The Labute approximate surface area is 305 Å². The Bertz CT molecular complexity index is 2190. The molecule has 8 rings (SSSR count). The molecule has 1 saturated carbocycles. The Balaban J connectivity index is 1.32. The first-order valence-electron chi connectivity index (χ1n) is 17.9. The van der Waals surface area contributed by atoms with E-state index < -0.39 is 46.2 Å². The Hall–Kier alpha value is -4.36. The number of rotatable bonds is 8. The lowest BCUT2D eigenvalue weighted by Gasteiger charge is -2.32. The van der Waals surface area contributed by atoms with E-state index in [0.717, 1.165) is 37.5 Å². The highest BCUT2D eigenvalue weighted by molar-refractivity contribution is 7.23. The number of carbonyl (C=O) groups is 1. The molecular weight excluding hydrogens is 721 g/mol. The minimum Gasteiger partial charge on any atom is -0.461 e. The maximum Gasteiger partial charge on any atom is 0.417 e. The number of alkyl halides is 4. The molecule has 3 aliphatic heterocycles. The first-order valence-corrected chi connectivity index (χ1v) is 18.7. The third-order valence-electron chi connectivity index (χ3n) is 11.4. The fraction of sp³-hybridized carbons (Fsp3) is 0.514. The van der Waals surface area contributed by atoms with Crippen LogP contribution in [0.15, 0.2) is 18.2 Å². The predicted molar refractivity (Wildman–Crippen MR) is 188 cm³/mol. The molecule has 53 heavy (non-hydrogen) atoms. The number of hydrogen-bond donors (Lipinski definition) is 1. The van der Waals surface area contributed by atoms with Gasteiger partial charge in [0.2, 0.25) is 5.91 Å². The van der Waals surface area contributed by atoms with Crippen molar-refractivity contribution in [1.82, 2.24) is 19.8 Å². The van der Waals surface area contributed by atoms with Crippen LogP contribution in [-0.4, -0.2) is 82.3 Å². The van der Waals surface area contributed by atoms with Gasteiger partial charge in [0.25, 0.3) is 0 Å². The second kappa shape index (κ2) is 12.9. The monoisotopic (exact) mass is 757 g/mol. The highest BCUT2D eigenvalue weighted by atomic mass is 32.1. The van der Waals surface area contributed by atoms with Crippen molar-refractivity contribution in [2.24, 2.45) is 5.92 Å². The van der Waals surface area contributed by atoms with Crippen molar-refractivity contribution in [3.8, 4) is 23.2 Å². The molecule has 16 heteroatoms. The summed E-state index contributed by atoms with van der Waals surface area (Å²) in [5.74, 6) is -2.17. The van der Waals surface area contributed by atoms with Crippen LogP contribution in [0.2, 0.25) is 0 Å². The highest BCUT2D eigenvalue weighted by Gasteiger charge is 2.50. The van der Waals surface area contributed by atoms with Gasteiger partial charge in [-0.1, -0.05) is 6.07 Å². The minimum atomic E-state index is -5.12. The summed E-state index contributed by atoms with van der Waals surface area (Å²) in [7, 11) is 0. The number of aromatic nitrogens is 2. The molecule has 0 unspecified atom stereocenters. The summed E-state index contributed by atoms with van der Waals surface area (Å²) >= 11 is 0.687. The molecule has 2 aromatic carbocycles. The van der Waals surface area contributed by atoms with Gasteiger partial charge in [0.05, 0.1) is 21.4 Å². The average Bonchev–Trinajstić information content (AvgIpc) is 3.51. The second-order valence-electron chi connectivity index (χ2n) is 14.7. The molecular formula is C37H37F6N7O2S. The molecule has 1 aliphatic carbocycles. The lowest BCUT2D eigenvalue weighted by molar-refractivity contribution is -0.137. The second-order valence-corrected chi connectivity index (χ2v) is 15.8. The van der Waals surface area contributed by atoms with Crippen molar-refractivity contribution in [3.63, 3.8) is 0 Å². The van der Waals surface area contributed by atoms with E-state index in [-0.39, 0.29) is 93.5 Å². The smallest absolute Gasteiger partial charge is 0.417 e. The molecule has 9 nitrogen and oxygen atoms in total. The summed E-state index contributed by atoms with van der Waals surface area (Å²) in [5, 5.41) is 9.29. The largest absolute Gasteiger partial charge is 0.461 e. The van der Waals surface area contributed by atoms with E-state index in [0.29, 0.717) is 37.3 Å². The van der Waals surface area contributed by atoms with Crippen molar-refractivity contribution < 1.29 is 35.9 Å². The quantitative estimate of drug-likeness (QED) is 0.185. The molecule has 0 spiro atoms. The summed E-state index contributed by atoms with van der Waals surface area (Å²) in [4.78, 5) is 27.7. The van der Waals surface area contributed by atoms with Crippen LogP contribution in [0.3, 0.4) is 0 Å². The van der Waals surface area contributed by atoms with Crippen molar-refractivity contribution in [2.75, 3.05) is 43.4 Å². The summed E-state index contributed by atoms with van der Waals surface area (Å²) in [6, 6.07) is 3.75. The van der Waals surface area contributed by atoms with Gasteiger partial charge in [-0.05, 0) is 70.2 Å². The van der Waals surface area contributed by atoms with Crippen LogP contribution in [0.1, 0.15) is 63.5 Å². The van der Waals surface area contributed by atoms with Gasteiger partial charge >= 0.3 is 12.2 Å². The van der Waals surface area contributed by atoms with E-state index in [2.05, 4.69) is 9.97 Å². The molecule has 1 amide bonds. The number of likely N-dealkylation sites (N-methyl/N-ethyl adjacent to an activating group) is 1. The van der Waals surface area contributed by atoms with Crippen LogP contribution in [0.4, 0.5) is 37.2 Å². The number of carbonyl (C=O) groups excluding carboxylic acids is 1. The van der Waals surface area contributed by atoms with Gasteiger partial charge in [-0.3, -0.25) is 9.69 Å². The number of nitrogens with zero attached hydrogens (tertiary/aromatic N) is 6. The number of amides is 1. The van der Waals surface area contributed by atoms with Crippen LogP contribution in [0.25, 0.3) is 32.1 Å². The fourth-order valence-electron chi connectivity index (χ4n) is 8.80. The third kappa shape index (κ3) is 5.90. The van der Waals surface area contributed by atoms with E-state index in [1.165, 1.54) is 0 Å². The number of likely N-dealkylation sites (tertiary alicyclic amines) is 1. The van der Waals surface area contributed by atoms with Crippen molar-refractivity contribution in [3.05, 3.63) is 41.0 Å². The summed E-state index contributed by atoms with van der Waals surface area (Å²) < 4.78 is 98.3. The van der Waals surface area contributed by atoms with Gasteiger partial charge in [-0.15, -0.1) is 11.3 Å². The lowest BCUT2D eigenvalue weighted by atomic mass is 9.92. The number of fused-ring (bicyclic) bond motifs is 3. The van der Waals surface area contributed by atoms with Crippen LogP contribution in [-0.2, 0) is 11.0 Å². The zero-order valence-corrected chi connectivity index (χ0v) is 29.9. The molecule has 4 atom stereocenters. The molecule has 2 aromatic heterocycles. The number of hydrogen-bond acceptors (Lipinski definition) is 9. The Morgan fingerprint density at radius 1 is 1.23 bits per heavy atom. The van der Waals surface area contributed by atoms with Crippen molar-refractivity contribution in [2.45, 2.75) is 82.3 Å². The van der Waals surface area contributed by atoms with E-state index >= 15 is 17.6 Å². The maximum absolute atomic E-state index is 17.3. The minimum absolute atomic E-state index is 0.00122. The normalized spacial score (nSPS) is 24.7. The molecule has 0 bridgehead atoms. The van der Waals surface area contributed by atoms with Gasteiger partial charge in [-0.2, -0.15) is 28.4 Å². The molecule has 4 fully saturated rings. The first-order chi connectivity index (χ1) is 25.2. The molecule has 4 aliphatic rings. The number of nitrogen functional groups attached to an aromatic ring is 1. The van der Waals surface area contributed by atoms with Crippen LogP contribution in [0.5, 0.6) is 6.01 Å². The molecule has 280 valence electrons. The standard InChI is InChI=1S/C37H37F6N7O2S/c1-3-49(21-11-18(2)50(16-21)34(51)19-5-6-19)33-23-12-25(37(41,42)43)28(22-7-8-26(39)31-27(22)24(14-44)32(45)53-31)29(40)30(23)46-35(47-33)52-17-36-9-4-10-48(36)15-20(38)13-36/h7-8,12,18-21H,3-6,9-11,13,15-17,45H2,1-2H3/t18-,20+,21-,36-/m0/s1. The number of halogens is 6. The zero-order chi connectivity index (χ0) is 37.6. The van der Waals surface area contributed by atoms with E-state index in [1.807, 2.05) is 17.9 Å². The van der Waals surface area contributed by atoms with Crippen molar-refractivity contribution in [1.29, 1.82) is 5.26 Å². The molecule has 2 N–H and O–H groups in total. The third-order valence-corrected chi connectivity index (χ3v) is 12.5. The molecule has 0 radical (unpaired) electrons. The van der Waals surface area contributed by atoms with E-state index in [9.17, 15) is 18.8 Å². The zero-order valence-electron chi connectivity index (χ0n) is 29.1. The number of benzene rings is 2. The van der Waals surface area contributed by atoms with Crippen LogP contribution in [0, 0.1) is 28.9 Å². The topological polar surface area (TPSA) is 112 Å². The Kier molecular flexibility index (Phi) is 8.68. The van der Waals surface area contributed by atoms with Gasteiger partial charge in [0.1, 0.15) is 41.0 Å². The van der Waals surface area contributed by atoms with E-state index in [4.69, 9.17) is 10.5 Å². The number of anilines is 2. The summed E-state index contributed by atoms with van der Waals surface area (Å²) in [6.45, 7) is 5.22. The number of ether oxygens (including phenoxy) is 1. The summed E-state index contributed by atoms with van der Waals surface area (Å²) in [6.07, 6.45) is -2.29. The Morgan fingerprint density at radius 3 is 2.70 bits per heavy atom. The van der Waals surface area contributed by atoms with Gasteiger partial charge in [-0.25, -0.2) is 13.2 Å². The first kappa shape index (κ1) is 35.7. The molecule has 4 aromatic rings. The highest BCUT2D eigenvalue weighted by Crippen LogP contribution is 2.49. The van der Waals surface area contributed by atoms with Crippen LogP contribution >= 0.6 is 11.3 Å². The fourth-order valence-corrected chi connectivity index (χ4v) is 9.75. The lowest BCUT2D eigenvalue weighted by Crippen LogP contribution is -2.43. The van der Waals surface area contributed by atoms with Crippen molar-refractivity contribution >= 4 is 49.1 Å². The van der Waals surface area contributed by atoms with Gasteiger partial charge in [0.15, 0.2) is 5.82 Å². The van der Waals surface area contributed by atoms with E-state index in [1.54, 1.807) is 16.7 Å². The van der Waals surface area contributed by atoms with Gasteiger partial charge < -0.3 is 20.3 Å². The van der Waals surface area contributed by atoms with Crippen LogP contribution < -0.4 is 15.4 Å². The molecule has 5 heterocycles. The SMILES string of the molecule is CCN(c1nc(OC[C@@]23CCCN2C[C@H](F)C3)nc2c(F)c(-c3ccc(F)c4sc(N)c(C#N)c34)c(C(F)(F)F)cc12)[C@H]1C[C@H](C)N(C(=O)C2CC2)C1.